The highest BCUT2D eigenvalue weighted by molar-refractivity contribution is 5.93. The van der Waals surface area contributed by atoms with Gasteiger partial charge in [0, 0.05) is 18.9 Å². The van der Waals surface area contributed by atoms with E-state index in [9.17, 15) is 18.7 Å². The van der Waals surface area contributed by atoms with Crippen molar-refractivity contribution in [3.05, 3.63) is 71.7 Å². The van der Waals surface area contributed by atoms with Crippen molar-refractivity contribution in [3.63, 3.8) is 0 Å². The molecule has 3 heterocycles. The molecule has 0 unspecified atom stereocenters. The third kappa shape index (κ3) is 2.66. The summed E-state index contributed by atoms with van der Waals surface area (Å²) in [5.41, 5.74) is 1.49. The van der Waals surface area contributed by atoms with Crippen LogP contribution in [0, 0.1) is 11.6 Å². The first-order valence-electron chi connectivity index (χ1n) is 7.90. The third-order valence-electron chi connectivity index (χ3n) is 4.52. The molecule has 2 atom stereocenters. The number of nitrogens with zero attached hydrogens (tertiary/aromatic N) is 3. The largest absolute Gasteiger partial charge is 0.391 e. The summed E-state index contributed by atoms with van der Waals surface area (Å²) >= 11 is 0. The second kappa shape index (κ2) is 5.93. The summed E-state index contributed by atoms with van der Waals surface area (Å²) in [6, 6.07) is 8.22. The number of aromatic nitrogens is 2. The molecule has 1 aromatic carbocycles. The number of β-amino-alcohol motifs (C(OH)–C–C–N with tert-alkyl or cyclic N) is 1. The van der Waals surface area contributed by atoms with E-state index < -0.39 is 23.8 Å². The van der Waals surface area contributed by atoms with Crippen LogP contribution in [-0.4, -0.2) is 37.9 Å². The summed E-state index contributed by atoms with van der Waals surface area (Å²) in [7, 11) is 0. The summed E-state index contributed by atoms with van der Waals surface area (Å²) in [5.74, 6) is -2.21. The summed E-state index contributed by atoms with van der Waals surface area (Å²) in [6.07, 6.45) is 2.83. The normalized spacial score (nSPS) is 20.4. The third-order valence-corrected chi connectivity index (χ3v) is 4.52. The Hall–Kier alpha value is -2.80. The minimum atomic E-state index is -0.969. The lowest BCUT2D eigenvalue weighted by Crippen LogP contribution is -2.33. The number of rotatable bonds is 2. The molecule has 7 heteroatoms. The Labute approximate surface area is 142 Å². The first-order chi connectivity index (χ1) is 12.0. The molecule has 1 fully saturated rings. The Balaban J connectivity index is 1.73. The molecule has 0 aliphatic carbocycles. The second-order valence-electron chi connectivity index (χ2n) is 6.10. The number of carbonyl (C=O) groups excluding carboxylic acids is 1. The predicted molar refractivity (Wildman–Crippen MR) is 86.0 cm³/mol. The topological polar surface area (TPSA) is 57.8 Å². The molecule has 5 nitrogen and oxygen atoms in total. The van der Waals surface area contributed by atoms with E-state index in [2.05, 4.69) is 4.98 Å². The van der Waals surface area contributed by atoms with E-state index in [0.29, 0.717) is 16.9 Å². The lowest BCUT2D eigenvalue weighted by Gasteiger charge is -2.25. The number of aliphatic hydroxyl groups is 1. The van der Waals surface area contributed by atoms with Gasteiger partial charge in [0.15, 0.2) is 11.6 Å². The molecular formula is C18H15F2N3O2. The number of imidazole rings is 1. The van der Waals surface area contributed by atoms with Crippen LogP contribution in [0.2, 0.25) is 0 Å². The molecule has 1 amide bonds. The van der Waals surface area contributed by atoms with Crippen molar-refractivity contribution in [1.82, 2.24) is 14.3 Å². The van der Waals surface area contributed by atoms with E-state index in [1.54, 1.807) is 35.0 Å². The van der Waals surface area contributed by atoms with Gasteiger partial charge in [-0.25, -0.2) is 13.8 Å². The zero-order chi connectivity index (χ0) is 17.6. The molecular weight excluding hydrogens is 328 g/mol. The van der Waals surface area contributed by atoms with Gasteiger partial charge in [0.05, 0.1) is 12.1 Å². The van der Waals surface area contributed by atoms with Gasteiger partial charge in [-0.3, -0.25) is 9.20 Å². The fourth-order valence-corrected chi connectivity index (χ4v) is 3.34. The number of fused-ring (bicyclic) bond motifs is 1. The number of amides is 1. The van der Waals surface area contributed by atoms with Crippen LogP contribution in [0.15, 0.2) is 48.8 Å². The van der Waals surface area contributed by atoms with Crippen molar-refractivity contribution < 1.29 is 18.7 Å². The maximum absolute atomic E-state index is 13.6. The maximum atomic E-state index is 13.6. The number of carbonyl (C=O) groups is 1. The highest BCUT2D eigenvalue weighted by atomic mass is 19.2. The van der Waals surface area contributed by atoms with E-state index in [1.165, 1.54) is 11.0 Å². The van der Waals surface area contributed by atoms with Crippen molar-refractivity contribution in [3.8, 4) is 0 Å². The summed E-state index contributed by atoms with van der Waals surface area (Å²) < 4.78 is 28.5. The standard InChI is InChI=1S/C18H15F2N3O2/c19-13-5-4-11(8-14(13)20)16-9-12(24)10-23(16)18(25)15-2-1-3-17-21-6-7-22(15)17/h1-8,12,16,24H,9-10H2/t12-,16+/m0/s1. The van der Waals surface area contributed by atoms with Crippen molar-refractivity contribution in [2.45, 2.75) is 18.6 Å². The van der Waals surface area contributed by atoms with Gasteiger partial charge in [-0.15, -0.1) is 0 Å². The average molecular weight is 343 g/mol. The molecule has 4 rings (SSSR count). The van der Waals surface area contributed by atoms with Crippen molar-refractivity contribution >= 4 is 11.6 Å². The minimum Gasteiger partial charge on any atom is -0.391 e. The fourth-order valence-electron chi connectivity index (χ4n) is 3.34. The summed E-state index contributed by atoms with van der Waals surface area (Å²) in [5, 5.41) is 10.0. The Morgan fingerprint density at radius 2 is 2.04 bits per heavy atom. The van der Waals surface area contributed by atoms with E-state index in [1.807, 2.05) is 0 Å². The molecule has 1 aliphatic heterocycles. The zero-order valence-electron chi connectivity index (χ0n) is 13.1. The number of likely N-dealkylation sites (tertiary alicyclic amines) is 1. The molecule has 128 valence electrons. The van der Waals surface area contributed by atoms with Crippen LogP contribution >= 0.6 is 0 Å². The summed E-state index contributed by atoms with van der Waals surface area (Å²) in [4.78, 5) is 18.7. The Morgan fingerprint density at radius 3 is 2.84 bits per heavy atom. The molecule has 1 aliphatic rings. The average Bonchev–Trinajstić information content (AvgIpc) is 3.22. The number of hydrogen-bond donors (Lipinski definition) is 1. The lowest BCUT2D eigenvalue weighted by molar-refractivity contribution is 0.0708. The van der Waals surface area contributed by atoms with Gasteiger partial charge in [0.2, 0.25) is 0 Å². The Morgan fingerprint density at radius 1 is 1.20 bits per heavy atom. The van der Waals surface area contributed by atoms with E-state index in [0.717, 1.165) is 12.1 Å². The molecule has 0 spiro atoms. The monoisotopic (exact) mass is 343 g/mol. The predicted octanol–water partition coefficient (Wildman–Crippen LogP) is 2.56. The van der Waals surface area contributed by atoms with Crippen LogP contribution in [0.1, 0.15) is 28.5 Å². The molecule has 1 saturated heterocycles. The van der Waals surface area contributed by atoms with Crippen LogP contribution in [0.25, 0.3) is 5.65 Å². The van der Waals surface area contributed by atoms with Gasteiger partial charge in [0.1, 0.15) is 11.3 Å². The molecule has 0 bridgehead atoms. The van der Waals surface area contributed by atoms with Gasteiger partial charge in [0.25, 0.3) is 5.91 Å². The highest BCUT2D eigenvalue weighted by Crippen LogP contribution is 2.34. The zero-order valence-corrected chi connectivity index (χ0v) is 13.1. The lowest BCUT2D eigenvalue weighted by atomic mass is 10.0. The van der Waals surface area contributed by atoms with E-state index in [4.69, 9.17) is 0 Å². The fraction of sp³-hybridized carbons (Fsp3) is 0.222. The smallest absolute Gasteiger partial charge is 0.271 e. The number of halogens is 2. The SMILES string of the molecule is O=C(c1cccc2nccn12)N1C[C@@H](O)C[C@@H]1c1ccc(F)c(F)c1. The van der Waals surface area contributed by atoms with Crippen LogP contribution in [-0.2, 0) is 0 Å². The van der Waals surface area contributed by atoms with Gasteiger partial charge >= 0.3 is 0 Å². The van der Waals surface area contributed by atoms with Crippen molar-refractivity contribution in [2.75, 3.05) is 6.54 Å². The summed E-state index contributed by atoms with van der Waals surface area (Å²) in [6.45, 7) is 0.133. The number of pyridine rings is 1. The first kappa shape index (κ1) is 15.7. The number of benzene rings is 1. The maximum Gasteiger partial charge on any atom is 0.271 e. The quantitative estimate of drug-likeness (QED) is 0.778. The number of hydrogen-bond acceptors (Lipinski definition) is 3. The second-order valence-corrected chi connectivity index (χ2v) is 6.10. The van der Waals surface area contributed by atoms with Gasteiger partial charge in [-0.1, -0.05) is 12.1 Å². The molecule has 3 aromatic rings. The van der Waals surface area contributed by atoms with Crippen LogP contribution in [0.5, 0.6) is 0 Å². The molecule has 25 heavy (non-hydrogen) atoms. The molecule has 2 aromatic heterocycles. The Kier molecular flexibility index (Phi) is 3.73. The number of aliphatic hydroxyl groups excluding tert-OH is 1. The van der Waals surface area contributed by atoms with Crippen molar-refractivity contribution in [2.24, 2.45) is 0 Å². The molecule has 1 N–H and O–H groups in total. The minimum absolute atomic E-state index is 0.133. The molecule has 0 radical (unpaired) electrons. The van der Waals surface area contributed by atoms with E-state index in [-0.39, 0.29) is 18.9 Å². The van der Waals surface area contributed by atoms with Crippen molar-refractivity contribution in [1.29, 1.82) is 0 Å². The van der Waals surface area contributed by atoms with E-state index >= 15 is 0 Å². The van der Waals surface area contributed by atoms with Gasteiger partial charge in [-0.2, -0.15) is 0 Å². The van der Waals surface area contributed by atoms with Crippen LogP contribution < -0.4 is 0 Å². The molecule has 0 saturated carbocycles. The van der Waals surface area contributed by atoms with Crippen LogP contribution in [0.3, 0.4) is 0 Å². The highest BCUT2D eigenvalue weighted by Gasteiger charge is 2.36. The van der Waals surface area contributed by atoms with Gasteiger partial charge in [-0.05, 0) is 36.2 Å². The van der Waals surface area contributed by atoms with Gasteiger partial charge < -0.3 is 10.0 Å². The van der Waals surface area contributed by atoms with Crippen LogP contribution in [0.4, 0.5) is 8.78 Å². The first-order valence-corrected chi connectivity index (χ1v) is 7.90. The Bertz CT molecular complexity index is 956.